The first kappa shape index (κ1) is 10.0. The molecule has 0 aromatic carbocycles. The minimum absolute atomic E-state index is 0.0585. The number of nitrogens with zero attached hydrogens (tertiary/aromatic N) is 2. The predicted octanol–water partition coefficient (Wildman–Crippen LogP) is -0.275. The third kappa shape index (κ3) is 2.12. The molecular formula is C8H12N4O2S. The standard InChI is InChI=1S/C8H12N4O2S/c1-12-4-7(9)8(11-12)10-6-2-3-15(13,14)5-6/h2-4,6H,5,9H2,1H3,(H,10,11). The number of anilines is 2. The van der Waals surface area contributed by atoms with Gasteiger partial charge < -0.3 is 11.1 Å². The highest BCUT2D eigenvalue weighted by atomic mass is 32.2. The second kappa shape index (κ2) is 3.27. The minimum atomic E-state index is -3.04. The molecule has 2 rings (SSSR count). The fraction of sp³-hybridized carbons (Fsp3) is 0.375. The van der Waals surface area contributed by atoms with Crippen molar-refractivity contribution in [2.24, 2.45) is 7.05 Å². The smallest absolute Gasteiger partial charge is 0.173 e. The Labute approximate surface area is 87.7 Å². The Bertz CT molecular complexity index is 503. The van der Waals surface area contributed by atoms with Crippen LogP contribution in [-0.2, 0) is 16.9 Å². The van der Waals surface area contributed by atoms with Crippen LogP contribution in [0.5, 0.6) is 0 Å². The van der Waals surface area contributed by atoms with E-state index in [4.69, 9.17) is 5.73 Å². The van der Waals surface area contributed by atoms with E-state index in [-0.39, 0.29) is 11.8 Å². The highest BCUT2D eigenvalue weighted by molar-refractivity contribution is 7.94. The SMILES string of the molecule is Cn1cc(N)c(NC2C=CS(=O)(=O)C2)n1. The molecule has 1 aliphatic heterocycles. The summed E-state index contributed by atoms with van der Waals surface area (Å²) in [7, 11) is -1.29. The second-order valence-electron chi connectivity index (χ2n) is 3.52. The number of nitrogens with one attached hydrogen (secondary N) is 1. The van der Waals surface area contributed by atoms with Gasteiger partial charge in [0.2, 0.25) is 0 Å². The molecule has 2 heterocycles. The van der Waals surface area contributed by atoms with Crippen LogP contribution in [0.2, 0.25) is 0 Å². The molecule has 1 aromatic rings. The Morgan fingerprint density at radius 2 is 2.40 bits per heavy atom. The fourth-order valence-corrected chi connectivity index (χ4v) is 2.70. The number of rotatable bonds is 2. The van der Waals surface area contributed by atoms with Gasteiger partial charge in [-0.2, -0.15) is 5.10 Å². The lowest BCUT2D eigenvalue weighted by Crippen LogP contribution is -2.21. The molecule has 6 nitrogen and oxygen atoms in total. The van der Waals surface area contributed by atoms with E-state index in [0.29, 0.717) is 11.5 Å². The third-order valence-corrected chi connectivity index (χ3v) is 3.50. The summed E-state index contributed by atoms with van der Waals surface area (Å²) < 4.78 is 23.8. The van der Waals surface area contributed by atoms with Crippen molar-refractivity contribution < 1.29 is 8.42 Å². The summed E-state index contributed by atoms with van der Waals surface area (Å²) in [6, 6.07) is -0.243. The van der Waals surface area contributed by atoms with Crippen molar-refractivity contribution >= 4 is 21.3 Å². The van der Waals surface area contributed by atoms with Gasteiger partial charge in [-0.05, 0) is 6.08 Å². The number of aromatic nitrogens is 2. The van der Waals surface area contributed by atoms with E-state index in [9.17, 15) is 8.42 Å². The van der Waals surface area contributed by atoms with Crippen LogP contribution in [-0.4, -0.2) is 30.0 Å². The van der Waals surface area contributed by atoms with Crippen LogP contribution in [0.4, 0.5) is 11.5 Å². The lowest BCUT2D eigenvalue weighted by atomic mass is 10.3. The van der Waals surface area contributed by atoms with Gasteiger partial charge in [0.1, 0.15) is 0 Å². The molecular weight excluding hydrogens is 216 g/mol. The number of hydrogen-bond acceptors (Lipinski definition) is 5. The first-order valence-corrected chi connectivity index (χ1v) is 6.14. The monoisotopic (exact) mass is 228 g/mol. The van der Waals surface area contributed by atoms with Crippen LogP contribution in [0.1, 0.15) is 0 Å². The van der Waals surface area contributed by atoms with E-state index < -0.39 is 9.84 Å². The van der Waals surface area contributed by atoms with Gasteiger partial charge in [-0.3, -0.25) is 4.68 Å². The van der Waals surface area contributed by atoms with Crippen molar-refractivity contribution in [1.29, 1.82) is 0 Å². The number of hydrogen-bond donors (Lipinski definition) is 2. The normalized spacial score (nSPS) is 23.1. The summed E-state index contributed by atoms with van der Waals surface area (Å²) >= 11 is 0. The molecule has 3 N–H and O–H groups in total. The highest BCUT2D eigenvalue weighted by Gasteiger charge is 2.22. The van der Waals surface area contributed by atoms with Crippen LogP contribution in [0.3, 0.4) is 0 Å². The Morgan fingerprint density at radius 1 is 1.67 bits per heavy atom. The van der Waals surface area contributed by atoms with Gasteiger partial charge in [-0.1, -0.05) is 0 Å². The van der Waals surface area contributed by atoms with Gasteiger partial charge in [0.15, 0.2) is 15.7 Å². The van der Waals surface area contributed by atoms with Crippen molar-refractivity contribution in [3.63, 3.8) is 0 Å². The largest absolute Gasteiger partial charge is 0.394 e. The van der Waals surface area contributed by atoms with Gasteiger partial charge in [0.25, 0.3) is 0 Å². The second-order valence-corrected chi connectivity index (χ2v) is 5.45. The zero-order valence-electron chi connectivity index (χ0n) is 8.21. The zero-order valence-corrected chi connectivity index (χ0v) is 9.03. The first-order chi connectivity index (χ1) is 6.96. The molecule has 0 saturated heterocycles. The fourth-order valence-electron chi connectivity index (χ4n) is 1.46. The molecule has 15 heavy (non-hydrogen) atoms. The zero-order chi connectivity index (χ0) is 11.1. The molecule has 0 amide bonds. The van der Waals surface area contributed by atoms with Crippen LogP contribution in [0, 0.1) is 0 Å². The first-order valence-electron chi connectivity index (χ1n) is 4.43. The summed E-state index contributed by atoms with van der Waals surface area (Å²) in [6.45, 7) is 0. The molecule has 0 saturated carbocycles. The molecule has 1 atom stereocenters. The Morgan fingerprint density at radius 3 is 2.87 bits per heavy atom. The molecule has 0 aliphatic carbocycles. The summed E-state index contributed by atoms with van der Waals surface area (Å²) in [5, 5.41) is 8.25. The molecule has 1 unspecified atom stereocenters. The molecule has 0 radical (unpaired) electrons. The van der Waals surface area contributed by atoms with Crippen molar-refractivity contribution in [1.82, 2.24) is 9.78 Å². The number of sulfone groups is 1. The summed E-state index contributed by atoms with van der Waals surface area (Å²) in [6.07, 6.45) is 3.26. The number of aryl methyl sites for hydroxylation is 1. The Hall–Kier alpha value is -1.50. The lowest BCUT2D eigenvalue weighted by Gasteiger charge is -2.08. The maximum Gasteiger partial charge on any atom is 0.173 e. The van der Waals surface area contributed by atoms with E-state index in [1.165, 1.54) is 5.41 Å². The predicted molar refractivity (Wildman–Crippen MR) is 58.0 cm³/mol. The molecule has 7 heteroatoms. The quantitative estimate of drug-likeness (QED) is 0.727. The van der Waals surface area contributed by atoms with Gasteiger partial charge >= 0.3 is 0 Å². The highest BCUT2D eigenvalue weighted by Crippen LogP contribution is 2.18. The summed E-state index contributed by atoms with van der Waals surface area (Å²) in [5.41, 5.74) is 6.18. The van der Waals surface area contributed by atoms with Gasteiger partial charge in [-0.25, -0.2) is 8.42 Å². The van der Waals surface area contributed by atoms with E-state index >= 15 is 0 Å². The van der Waals surface area contributed by atoms with E-state index in [1.54, 1.807) is 24.0 Å². The van der Waals surface area contributed by atoms with Crippen LogP contribution < -0.4 is 11.1 Å². The molecule has 82 valence electrons. The van der Waals surface area contributed by atoms with Crippen LogP contribution in [0.25, 0.3) is 0 Å². The molecule has 0 fully saturated rings. The average Bonchev–Trinajstić information content (AvgIpc) is 2.57. The number of nitrogens with two attached hydrogens (primary N) is 1. The Balaban J connectivity index is 2.12. The number of nitrogen functional groups attached to an aromatic ring is 1. The molecule has 0 bridgehead atoms. The third-order valence-electron chi connectivity index (χ3n) is 2.11. The van der Waals surface area contributed by atoms with Gasteiger partial charge in [0, 0.05) is 18.7 Å². The van der Waals surface area contributed by atoms with Gasteiger partial charge in [0.05, 0.1) is 17.5 Å². The topological polar surface area (TPSA) is 90.0 Å². The maximum atomic E-state index is 11.1. The molecule has 1 aromatic heterocycles. The molecule has 0 spiro atoms. The van der Waals surface area contributed by atoms with Gasteiger partial charge in [-0.15, -0.1) is 0 Å². The van der Waals surface area contributed by atoms with Crippen molar-refractivity contribution in [3.8, 4) is 0 Å². The van der Waals surface area contributed by atoms with E-state index in [0.717, 1.165) is 0 Å². The van der Waals surface area contributed by atoms with Crippen LogP contribution in [0.15, 0.2) is 17.7 Å². The lowest BCUT2D eigenvalue weighted by molar-refractivity contribution is 0.605. The average molecular weight is 228 g/mol. The van der Waals surface area contributed by atoms with E-state index in [2.05, 4.69) is 10.4 Å². The van der Waals surface area contributed by atoms with Crippen molar-refractivity contribution in [3.05, 3.63) is 17.7 Å². The summed E-state index contributed by atoms with van der Waals surface area (Å²) in [5.74, 6) is 0.576. The Kier molecular flexibility index (Phi) is 2.18. The van der Waals surface area contributed by atoms with E-state index in [1.807, 2.05) is 0 Å². The maximum absolute atomic E-state index is 11.1. The van der Waals surface area contributed by atoms with Crippen LogP contribution >= 0.6 is 0 Å². The summed E-state index contributed by atoms with van der Waals surface area (Å²) in [4.78, 5) is 0. The van der Waals surface area contributed by atoms with Crippen molar-refractivity contribution in [2.75, 3.05) is 16.8 Å². The minimum Gasteiger partial charge on any atom is -0.394 e. The molecule has 1 aliphatic rings. The van der Waals surface area contributed by atoms with Crippen molar-refractivity contribution in [2.45, 2.75) is 6.04 Å².